The average molecular weight is 385 g/mol. The Morgan fingerprint density at radius 3 is 2.63 bits per heavy atom. The minimum Gasteiger partial charge on any atom is -0.486 e. The van der Waals surface area contributed by atoms with Gasteiger partial charge in [-0.25, -0.2) is 0 Å². The van der Waals surface area contributed by atoms with Gasteiger partial charge in [0.15, 0.2) is 11.5 Å². The van der Waals surface area contributed by atoms with Gasteiger partial charge >= 0.3 is 0 Å². The van der Waals surface area contributed by atoms with E-state index in [4.69, 9.17) is 26.3 Å². The SMILES string of the molecule is CCN(C(=O)Cc1cc(Cl)c2c(c1)OCCO2)C(C)c1ccc(C#N)cc1. The number of carbonyl (C=O) groups excluding carboxylic acids is 1. The van der Waals surface area contributed by atoms with Crippen LogP contribution in [0.2, 0.25) is 5.02 Å². The van der Waals surface area contributed by atoms with E-state index in [1.165, 1.54) is 0 Å². The fraction of sp³-hybridized carbons (Fsp3) is 0.333. The van der Waals surface area contributed by atoms with Gasteiger partial charge in [-0.1, -0.05) is 23.7 Å². The number of nitriles is 1. The molecule has 0 bridgehead atoms. The van der Waals surface area contributed by atoms with Crippen molar-refractivity contribution in [2.45, 2.75) is 26.3 Å². The van der Waals surface area contributed by atoms with Gasteiger partial charge in [-0.3, -0.25) is 4.79 Å². The number of rotatable bonds is 5. The average Bonchev–Trinajstić information content (AvgIpc) is 2.68. The molecule has 1 atom stereocenters. The Bertz CT molecular complexity index is 874. The van der Waals surface area contributed by atoms with Crippen LogP contribution in [0.5, 0.6) is 11.5 Å². The Morgan fingerprint density at radius 1 is 1.26 bits per heavy atom. The van der Waals surface area contributed by atoms with Gasteiger partial charge in [0.1, 0.15) is 13.2 Å². The van der Waals surface area contributed by atoms with Crippen LogP contribution >= 0.6 is 11.6 Å². The maximum atomic E-state index is 12.9. The van der Waals surface area contributed by atoms with E-state index in [0.29, 0.717) is 41.8 Å². The van der Waals surface area contributed by atoms with Crippen LogP contribution in [0.4, 0.5) is 0 Å². The van der Waals surface area contributed by atoms with Crippen molar-refractivity contribution in [3.8, 4) is 17.6 Å². The summed E-state index contributed by atoms with van der Waals surface area (Å²) in [4.78, 5) is 14.7. The summed E-state index contributed by atoms with van der Waals surface area (Å²) in [5.41, 5.74) is 2.38. The van der Waals surface area contributed by atoms with Crippen LogP contribution in [0.25, 0.3) is 0 Å². The highest BCUT2D eigenvalue weighted by Gasteiger charge is 2.22. The molecule has 6 heteroatoms. The molecule has 0 spiro atoms. The third-order valence-corrected chi connectivity index (χ3v) is 4.94. The third kappa shape index (κ3) is 4.17. The van der Waals surface area contributed by atoms with E-state index in [1.54, 1.807) is 18.2 Å². The lowest BCUT2D eigenvalue weighted by molar-refractivity contribution is -0.132. The molecule has 1 aliphatic rings. The molecule has 0 saturated carbocycles. The quantitative estimate of drug-likeness (QED) is 0.777. The first kappa shape index (κ1) is 19.1. The number of nitrogens with zero attached hydrogens (tertiary/aromatic N) is 2. The molecule has 0 saturated heterocycles. The molecule has 2 aromatic rings. The Labute approximate surface area is 164 Å². The Morgan fingerprint density at radius 2 is 1.96 bits per heavy atom. The van der Waals surface area contributed by atoms with Crippen LogP contribution in [-0.2, 0) is 11.2 Å². The number of fused-ring (bicyclic) bond motifs is 1. The summed E-state index contributed by atoms with van der Waals surface area (Å²) >= 11 is 6.27. The minimum absolute atomic E-state index is 0.00195. The van der Waals surface area contributed by atoms with E-state index < -0.39 is 0 Å². The summed E-state index contributed by atoms with van der Waals surface area (Å²) in [7, 11) is 0. The highest BCUT2D eigenvalue weighted by molar-refractivity contribution is 6.32. The van der Waals surface area contributed by atoms with Crippen LogP contribution in [0.3, 0.4) is 0 Å². The maximum Gasteiger partial charge on any atom is 0.227 e. The van der Waals surface area contributed by atoms with Crippen LogP contribution in [0, 0.1) is 11.3 Å². The van der Waals surface area contributed by atoms with E-state index in [9.17, 15) is 4.79 Å². The van der Waals surface area contributed by atoms with Gasteiger partial charge in [0.25, 0.3) is 0 Å². The zero-order valence-corrected chi connectivity index (χ0v) is 16.1. The fourth-order valence-corrected chi connectivity index (χ4v) is 3.51. The Hall–Kier alpha value is -2.71. The van der Waals surface area contributed by atoms with Gasteiger partial charge in [0, 0.05) is 6.54 Å². The highest BCUT2D eigenvalue weighted by Crippen LogP contribution is 2.38. The van der Waals surface area contributed by atoms with Crippen LogP contribution < -0.4 is 9.47 Å². The van der Waals surface area contributed by atoms with Crippen molar-refractivity contribution in [3.63, 3.8) is 0 Å². The number of carbonyl (C=O) groups is 1. The van der Waals surface area contributed by atoms with Crippen LogP contribution in [0.1, 0.15) is 36.6 Å². The van der Waals surface area contributed by atoms with Crippen molar-refractivity contribution in [1.82, 2.24) is 4.90 Å². The lowest BCUT2D eigenvalue weighted by Crippen LogP contribution is -2.34. The molecule has 27 heavy (non-hydrogen) atoms. The van der Waals surface area contributed by atoms with Crippen molar-refractivity contribution in [3.05, 3.63) is 58.1 Å². The number of ether oxygens (including phenoxy) is 2. The molecule has 0 fully saturated rings. The Kier molecular flexibility index (Phi) is 5.88. The summed E-state index contributed by atoms with van der Waals surface area (Å²) in [6.45, 7) is 5.46. The summed E-state index contributed by atoms with van der Waals surface area (Å²) in [6.07, 6.45) is 0.227. The lowest BCUT2D eigenvalue weighted by Gasteiger charge is -2.29. The van der Waals surface area contributed by atoms with Crippen molar-refractivity contribution in [2.24, 2.45) is 0 Å². The van der Waals surface area contributed by atoms with Gasteiger partial charge in [-0.15, -0.1) is 0 Å². The predicted octanol–water partition coefficient (Wildman–Crippen LogP) is 4.14. The van der Waals surface area contributed by atoms with Gasteiger partial charge in [0.2, 0.25) is 5.91 Å². The molecule has 0 aromatic heterocycles. The van der Waals surface area contributed by atoms with Crippen molar-refractivity contribution in [2.75, 3.05) is 19.8 Å². The van der Waals surface area contributed by atoms with Crippen molar-refractivity contribution >= 4 is 17.5 Å². The molecular weight excluding hydrogens is 364 g/mol. The second-order valence-corrected chi connectivity index (χ2v) is 6.78. The summed E-state index contributed by atoms with van der Waals surface area (Å²) < 4.78 is 11.1. The first-order valence-electron chi connectivity index (χ1n) is 8.91. The molecule has 140 valence electrons. The first-order chi connectivity index (χ1) is 13.0. The summed E-state index contributed by atoms with van der Waals surface area (Å²) in [6, 6.07) is 12.9. The number of amides is 1. The molecule has 3 rings (SSSR count). The standard InChI is InChI=1S/C21H21ClN2O3/c1-3-24(14(2)17-6-4-15(13-23)5-7-17)20(25)12-16-10-18(22)21-19(11-16)26-8-9-27-21/h4-7,10-11,14H,3,8-9,12H2,1-2H3. The number of benzene rings is 2. The molecule has 0 N–H and O–H groups in total. The predicted molar refractivity (Wildman–Crippen MR) is 103 cm³/mol. The largest absolute Gasteiger partial charge is 0.486 e. The second kappa shape index (κ2) is 8.32. The van der Waals surface area contributed by atoms with E-state index in [2.05, 4.69) is 6.07 Å². The van der Waals surface area contributed by atoms with Crippen LogP contribution in [-0.4, -0.2) is 30.6 Å². The number of likely N-dealkylation sites (N-methyl/N-ethyl adjacent to an activating group) is 1. The topological polar surface area (TPSA) is 62.6 Å². The third-order valence-electron chi connectivity index (χ3n) is 4.66. The second-order valence-electron chi connectivity index (χ2n) is 6.37. The molecule has 0 aliphatic carbocycles. The zero-order valence-electron chi connectivity index (χ0n) is 15.4. The van der Waals surface area contributed by atoms with Crippen molar-refractivity contribution in [1.29, 1.82) is 5.26 Å². The van der Waals surface area contributed by atoms with E-state index in [0.717, 1.165) is 11.1 Å². The normalized spacial score (nSPS) is 13.6. The number of hydrogen-bond donors (Lipinski definition) is 0. The molecule has 1 amide bonds. The first-order valence-corrected chi connectivity index (χ1v) is 9.28. The molecule has 1 heterocycles. The van der Waals surface area contributed by atoms with Crippen molar-refractivity contribution < 1.29 is 14.3 Å². The van der Waals surface area contributed by atoms with Gasteiger partial charge < -0.3 is 14.4 Å². The molecule has 2 aromatic carbocycles. The van der Waals surface area contributed by atoms with E-state index >= 15 is 0 Å². The lowest BCUT2D eigenvalue weighted by atomic mass is 10.0. The molecule has 0 radical (unpaired) electrons. The van der Waals surface area contributed by atoms with E-state index in [1.807, 2.05) is 36.9 Å². The van der Waals surface area contributed by atoms with E-state index in [-0.39, 0.29) is 18.4 Å². The molecule has 5 nitrogen and oxygen atoms in total. The number of hydrogen-bond acceptors (Lipinski definition) is 4. The minimum atomic E-state index is -0.0945. The zero-order chi connectivity index (χ0) is 19.4. The highest BCUT2D eigenvalue weighted by atomic mass is 35.5. The van der Waals surface area contributed by atoms with Crippen LogP contribution in [0.15, 0.2) is 36.4 Å². The fourth-order valence-electron chi connectivity index (χ4n) is 3.22. The molecular formula is C21H21ClN2O3. The van der Waals surface area contributed by atoms with Gasteiger partial charge in [0.05, 0.1) is 29.1 Å². The smallest absolute Gasteiger partial charge is 0.227 e. The van der Waals surface area contributed by atoms with Gasteiger partial charge in [-0.2, -0.15) is 5.26 Å². The van der Waals surface area contributed by atoms with Gasteiger partial charge in [-0.05, 0) is 49.2 Å². The Balaban J connectivity index is 1.77. The summed E-state index contributed by atoms with van der Waals surface area (Å²) in [5, 5.41) is 9.39. The molecule has 1 aliphatic heterocycles. The maximum absolute atomic E-state index is 12.9. The summed E-state index contributed by atoms with van der Waals surface area (Å²) in [5.74, 6) is 1.12. The monoisotopic (exact) mass is 384 g/mol. The number of halogens is 1. The molecule has 1 unspecified atom stereocenters.